The van der Waals surface area contributed by atoms with Gasteiger partial charge in [0.05, 0.1) is 0 Å². The minimum absolute atomic E-state index is 0.116. The van der Waals surface area contributed by atoms with Gasteiger partial charge in [-0.1, -0.05) is 30.3 Å². The average molecular weight is 289 g/mol. The molecule has 0 atom stereocenters. The number of hydrogen-bond donors (Lipinski definition) is 1. The lowest BCUT2D eigenvalue weighted by Crippen LogP contribution is -2.41. The molecular weight excluding hydrogens is 266 g/mol. The Morgan fingerprint density at radius 3 is 2.55 bits per heavy atom. The highest BCUT2D eigenvalue weighted by molar-refractivity contribution is 8.02. The third-order valence-electron chi connectivity index (χ3n) is 3.19. The maximum absolute atomic E-state index is 12.3. The van der Waals surface area contributed by atoms with E-state index in [2.05, 4.69) is 29.6 Å². The average Bonchev–Trinajstić information content (AvgIpc) is 2.84. The summed E-state index contributed by atoms with van der Waals surface area (Å²) in [6.07, 6.45) is 3.06. The molecule has 0 fully saturated rings. The number of amides is 1. The van der Waals surface area contributed by atoms with Crippen LogP contribution in [0, 0.1) is 0 Å². The molecule has 2 nitrogen and oxygen atoms in total. The monoisotopic (exact) mass is 289 g/mol. The fourth-order valence-electron chi connectivity index (χ4n) is 2.28. The number of nitrogens with one attached hydrogen (secondary N) is 1. The standard InChI is InChI=1S/C17H23NOS/c1-17(2,3)18-16(19)14-10-7-11-15(14)20-12-13-8-5-4-6-9-13/h4-6,8-9H,7,10-12H2,1-3H3,(H,18,19). The van der Waals surface area contributed by atoms with Crippen molar-refractivity contribution in [2.24, 2.45) is 0 Å². The molecule has 0 aromatic heterocycles. The molecule has 3 heteroatoms. The van der Waals surface area contributed by atoms with Gasteiger partial charge in [-0.3, -0.25) is 4.79 Å². The maximum atomic E-state index is 12.3. The summed E-state index contributed by atoms with van der Waals surface area (Å²) in [4.78, 5) is 13.6. The van der Waals surface area contributed by atoms with E-state index in [4.69, 9.17) is 0 Å². The van der Waals surface area contributed by atoms with E-state index < -0.39 is 0 Å². The number of rotatable bonds is 4. The summed E-state index contributed by atoms with van der Waals surface area (Å²) in [5.41, 5.74) is 2.15. The molecule has 0 aliphatic heterocycles. The van der Waals surface area contributed by atoms with E-state index in [0.29, 0.717) is 0 Å². The van der Waals surface area contributed by atoms with Gasteiger partial charge in [0.25, 0.3) is 0 Å². The maximum Gasteiger partial charge on any atom is 0.248 e. The minimum atomic E-state index is -0.165. The zero-order valence-corrected chi connectivity index (χ0v) is 13.3. The predicted molar refractivity (Wildman–Crippen MR) is 86.5 cm³/mol. The van der Waals surface area contributed by atoms with Crippen LogP contribution >= 0.6 is 11.8 Å². The molecule has 0 heterocycles. The summed E-state index contributed by atoms with van der Waals surface area (Å²) in [7, 11) is 0. The molecule has 0 spiro atoms. The van der Waals surface area contributed by atoms with Crippen LogP contribution in [0.4, 0.5) is 0 Å². The van der Waals surface area contributed by atoms with Crippen molar-refractivity contribution in [3.05, 3.63) is 46.4 Å². The highest BCUT2D eigenvalue weighted by Gasteiger charge is 2.24. The molecule has 20 heavy (non-hydrogen) atoms. The number of carbonyl (C=O) groups excluding carboxylic acids is 1. The van der Waals surface area contributed by atoms with Crippen LogP contribution in [-0.4, -0.2) is 11.4 Å². The minimum Gasteiger partial charge on any atom is -0.348 e. The van der Waals surface area contributed by atoms with Gasteiger partial charge in [0.2, 0.25) is 5.91 Å². The summed E-state index contributed by atoms with van der Waals surface area (Å²) in [6, 6.07) is 10.4. The lowest BCUT2D eigenvalue weighted by atomic mass is 10.1. The molecule has 0 radical (unpaired) electrons. The third-order valence-corrected chi connectivity index (χ3v) is 4.46. The van der Waals surface area contributed by atoms with Gasteiger partial charge in [0.15, 0.2) is 0 Å². The number of thioether (sulfide) groups is 1. The summed E-state index contributed by atoms with van der Waals surface area (Å²) >= 11 is 1.82. The van der Waals surface area contributed by atoms with Crippen molar-refractivity contribution in [2.75, 3.05) is 0 Å². The largest absolute Gasteiger partial charge is 0.348 e. The second kappa shape index (κ2) is 6.49. The van der Waals surface area contributed by atoms with Crippen LogP contribution in [0.5, 0.6) is 0 Å². The highest BCUT2D eigenvalue weighted by atomic mass is 32.2. The first-order valence-electron chi connectivity index (χ1n) is 7.17. The zero-order chi connectivity index (χ0) is 14.6. The lowest BCUT2D eigenvalue weighted by molar-refractivity contribution is -0.118. The Morgan fingerprint density at radius 1 is 1.20 bits per heavy atom. The molecule has 1 aromatic carbocycles. The van der Waals surface area contributed by atoms with Crippen LogP contribution in [0.3, 0.4) is 0 Å². The topological polar surface area (TPSA) is 29.1 Å². The second-order valence-electron chi connectivity index (χ2n) is 6.23. The van der Waals surface area contributed by atoms with Crippen LogP contribution in [0.15, 0.2) is 40.8 Å². The summed E-state index contributed by atoms with van der Waals surface area (Å²) in [5.74, 6) is 1.06. The number of allylic oxidation sites excluding steroid dienone is 1. The van der Waals surface area contributed by atoms with Crippen LogP contribution in [0.2, 0.25) is 0 Å². The van der Waals surface area contributed by atoms with Gasteiger partial charge in [-0.05, 0) is 50.5 Å². The van der Waals surface area contributed by atoms with E-state index in [1.165, 1.54) is 10.5 Å². The lowest BCUT2D eigenvalue weighted by Gasteiger charge is -2.21. The Hall–Kier alpha value is -1.22. The molecule has 1 aliphatic rings. The predicted octanol–water partition coefficient (Wildman–Crippen LogP) is 4.27. The van der Waals surface area contributed by atoms with Crippen molar-refractivity contribution in [2.45, 2.75) is 51.3 Å². The van der Waals surface area contributed by atoms with Crippen molar-refractivity contribution >= 4 is 17.7 Å². The molecule has 1 aliphatic carbocycles. The van der Waals surface area contributed by atoms with Gasteiger partial charge in [0.1, 0.15) is 0 Å². The van der Waals surface area contributed by atoms with Crippen molar-refractivity contribution in [1.82, 2.24) is 5.32 Å². The Balaban J connectivity index is 2.01. The van der Waals surface area contributed by atoms with Gasteiger partial charge >= 0.3 is 0 Å². The van der Waals surface area contributed by atoms with Crippen LogP contribution < -0.4 is 5.32 Å². The molecule has 108 valence electrons. The van der Waals surface area contributed by atoms with Crippen molar-refractivity contribution < 1.29 is 4.79 Å². The molecule has 1 aromatic rings. The molecule has 0 unspecified atom stereocenters. The fraction of sp³-hybridized carbons (Fsp3) is 0.471. The SMILES string of the molecule is CC(C)(C)NC(=O)C1=C(SCc2ccccc2)CCC1. The van der Waals surface area contributed by atoms with Gasteiger partial charge in [-0.15, -0.1) is 11.8 Å². The molecule has 0 saturated heterocycles. The number of carbonyl (C=O) groups is 1. The normalized spacial score (nSPS) is 15.6. The Kier molecular flexibility index (Phi) is 4.92. The van der Waals surface area contributed by atoms with Crippen molar-refractivity contribution in [3.63, 3.8) is 0 Å². The van der Waals surface area contributed by atoms with Crippen molar-refractivity contribution in [1.29, 1.82) is 0 Å². The Morgan fingerprint density at radius 2 is 1.90 bits per heavy atom. The van der Waals surface area contributed by atoms with Gasteiger partial charge in [0, 0.05) is 16.9 Å². The quantitative estimate of drug-likeness (QED) is 0.896. The first kappa shape index (κ1) is 15.2. The molecule has 1 amide bonds. The molecular formula is C17H23NOS. The van der Waals surface area contributed by atoms with Gasteiger partial charge < -0.3 is 5.32 Å². The first-order valence-corrected chi connectivity index (χ1v) is 8.15. The van der Waals surface area contributed by atoms with Crippen molar-refractivity contribution in [3.8, 4) is 0 Å². The zero-order valence-electron chi connectivity index (χ0n) is 12.5. The van der Waals surface area contributed by atoms with E-state index in [9.17, 15) is 4.79 Å². The smallest absolute Gasteiger partial charge is 0.248 e. The first-order chi connectivity index (χ1) is 9.46. The van der Waals surface area contributed by atoms with E-state index >= 15 is 0 Å². The molecule has 2 rings (SSSR count). The van der Waals surface area contributed by atoms with Crippen LogP contribution in [-0.2, 0) is 10.5 Å². The van der Waals surface area contributed by atoms with Gasteiger partial charge in [-0.2, -0.15) is 0 Å². The van der Waals surface area contributed by atoms with E-state index in [0.717, 1.165) is 30.6 Å². The fourth-order valence-corrected chi connectivity index (χ4v) is 3.47. The third kappa shape index (κ3) is 4.41. The molecule has 0 saturated carbocycles. The van der Waals surface area contributed by atoms with Crippen LogP contribution in [0.25, 0.3) is 0 Å². The second-order valence-corrected chi connectivity index (χ2v) is 7.30. The Labute approximate surface area is 126 Å². The van der Waals surface area contributed by atoms with E-state index in [-0.39, 0.29) is 11.4 Å². The highest BCUT2D eigenvalue weighted by Crippen LogP contribution is 2.36. The summed E-state index contributed by atoms with van der Waals surface area (Å²) < 4.78 is 0. The molecule has 0 bridgehead atoms. The summed E-state index contributed by atoms with van der Waals surface area (Å²) in [6.45, 7) is 6.07. The van der Waals surface area contributed by atoms with E-state index in [1.54, 1.807) is 0 Å². The number of benzene rings is 1. The Bertz CT molecular complexity index is 499. The van der Waals surface area contributed by atoms with Crippen LogP contribution in [0.1, 0.15) is 45.6 Å². The summed E-state index contributed by atoms with van der Waals surface area (Å²) in [5, 5.41) is 3.08. The van der Waals surface area contributed by atoms with E-state index in [1.807, 2.05) is 38.6 Å². The molecule has 1 N–H and O–H groups in total. The number of hydrogen-bond acceptors (Lipinski definition) is 2. The van der Waals surface area contributed by atoms with Gasteiger partial charge in [-0.25, -0.2) is 0 Å².